The summed E-state index contributed by atoms with van der Waals surface area (Å²) in [7, 11) is 0. The minimum Gasteiger partial charge on any atom is -0.492 e. The van der Waals surface area contributed by atoms with Gasteiger partial charge >= 0.3 is 0 Å². The SMILES string of the molecule is CC(C)(C)c1ccc(OCCNC(=O)CC2CCCN2)cc1.Cl. The number of benzene rings is 1. The van der Waals surface area contributed by atoms with Crippen LogP contribution in [-0.2, 0) is 10.2 Å². The van der Waals surface area contributed by atoms with Crippen LogP contribution in [0.5, 0.6) is 5.75 Å². The van der Waals surface area contributed by atoms with Gasteiger partial charge in [0.05, 0.1) is 6.54 Å². The molecule has 1 unspecified atom stereocenters. The summed E-state index contributed by atoms with van der Waals surface area (Å²) in [6.45, 7) is 8.66. The highest BCUT2D eigenvalue weighted by Gasteiger charge is 2.17. The Labute approximate surface area is 145 Å². The second-order valence-electron chi connectivity index (χ2n) is 6.97. The maximum Gasteiger partial charge on any atom is 0.221 e. The lowest BCUT2D eigenvalue weighted by atomic mass is 9.87. The molecule has 1 heterocycles. The Bertz CT molecular complexity index is 477. The van der Waals surface area contributed by atoms with Crippen LogP contribution in [0.25, 0.3) is 0 Å². The highest BCUT2D eigenvalue weighted by molar-refractivity contribution is 5.85. The highest BCUT2D eigenvalue weighted by Crippen LogP contribution is 2.24. The maximum atomic E-state index is 11.8. The summed E-state index contributed by atoms with van der Waals surface area (Å²) < 4.78 is 5.66. The van der Waals surface area contributed by atoms with Crippen molar-refractivity contribution in [3.63, 3.8) is 0 Å². The number of hydrogen-bond acceptors (Lipinski definition) is 3. The summed E-state index contributed by atoms with van der Waals surface area (Å²) in [5.74, 6) is 0.950. The Morgan fingerprint density at radius 3 is 2.57 bits per heavy atom. The minimum absolute atomic E-state index is 0. The molecule has 1 aromatic carbocycles. The van der Waals surface area contributed by atoms with E-state index in [9.17, 15) is 4.79 Å². The maximum absolute atomic E-state index is 11.8. The van der Waals surface area contributed by atoms with Gasteiger partial charge in [-0.05, 0) is 42.5 Å². The molecule has 2 rings (SSSR count). The number of carbonyl (C=O) groups excluding carboxylic acids is 1. The monoisotopic (exact) mass is 340 g/mol. The van der Waals surface area contributed by atoms with E-state index in [-0.39, 0.29) is 23.7 Å². The molecule has 0 spiro atoms. The summed E-state index contributed by atoms with van der Waals surface area (Å²) in [4.78, 5) is 11.8. The first-order valence-electron chi connectivity index (χ1n) is 8.18. The van der Waals surface area contributed by atoms with Crippen LogP contribution in [0.3, 0.4) is 0 Å². The van der Waals surface area contributed by atoms with Gasteiger partial charge in [-0.15, -0.1) is 12.4 Å². The molecule has 0 radical (unpaired) electrons. The van der Waals surface area contributed by atoms with Gasteiger partial charge in [0.1, 0.15) is 12.4 Å². The molecule has 0 aliphatic carbocycles. The molecule has 23 heavy (non-hydrogen) atoms. The average Bonchev–Trinajstić information content (AvgIpc) is 2.96. The van der Waals surface area contributed by atoms with E-state index in [1.165, 1.54) is 12.0 Å². The van der Waals surface area contributed by atoms with Crippen molar-refractivity contribution in [2.75, 3.05) is 19.7 Å². The van der Waals surface area contributed by atoms with E-state index in [0.717, 1.165) is 18.7 Å². The fourth-order valence-electron chi connectivity index (χ4n) is 2.64. The molecular weight excluding hydrogens is 312 g/mol. The van der Waals surface area contributed by atoms with Gasteiger partial charge in [-0.3, -0.25) is 4.79 Å². The van der Waals surface area contributed by atoms with E-state index >= 15 is 0 Å². The van der Waals surface area contributed by atoms with Crippen molar-refractivity contribution in [2.45, 2.75) is 51.5 Å². The Hall–Kier alpha value is -1.26. The number of rotatable bonds is 6. The first kappa shape index (κ1) is 19.8. The van der Waals surface area contributed by atoms with Gasteiger partial charge in [0.15, 0.2) is 0 Å². The Kier molecular flexibility index (Phi) is 7.86. The third-order valence-electron chi connectivity index (χ3n) is 4.01. The smallest absolute Gasteiger partial charge is 0.221 e. The van der Waals surface area contributed by atoms with Gasteiger partial charge in [0.25, 0.3) is 0 Å². The number of hydrogen-bond donors (Lipinski definition) is 2. The molecule has 0 bridgehead atoms. The Balaban J connectivity index is 0.00000264. The van der Waals surface area contributed by atoms with Crippen LogP contribution in [0, 0.1) is 0 Å². The van der Waals surface area contributed by atoms with Gasteiger partial charge in [-0.1, -0.05) is 32.9 Å². The zero-order valence-electron chi connectivity index (χ0n) is 14.4. The van der Waals surface area contributed by atoms with Crippen molar-refractivity contribution in [1.29, 1.82) is 0 Å². The van der Waals surface area contributed by atoms with E-state index in [4.69, 9.17) is 4.74 Å². The lowest BCUT2D eigenvalue weighted by molar-refractivity contribution is -0.121. The second kappa shape index (κ2) is 9.14. The Morgan fingerprint density at radius 1 is 1.30 bits per heavy atom. The van der Waals surface area contributed by atoms with Crippen molar-refractivity contribution < 1.29 is 9.53 Å². The largest absolute Gasteiger partial charge is 0.492 e. The third-order valence-corrected chi connectivity index (χ3v) is 4.01. The van der Waals surface area contributed by atoms with Gasteiger partial charge < -0.3 is 15.4 Å². The fraction of sp³-hybridized carbons (Fsp3) is 0.611. The van der Waals surface area contributed by atoms with E-state index in [0.29, 0.717) is 25.6 Å². The summed E-state index contributed by atoms with van der Waals surface area (Å²) in [6, 6.07) is 8.53. The molecule has 2 N–H and O–H groups in total. The van der Waals surface area contributed by atoms with Crippen molar-refractivity contribution in [3.8, 4) is 5.75 Å². The molecular formula is C18H29ClN2O2. The van der Waals surface area contributed by atoms with Gasteiger partial charge in [-0.2, -0.15) is 0 Å². The normalized spacial score (nSPS) is 17.4. The molecule has 1 aromatic rings. The van der Waals surface area contributed by atoms with Gasteiger partial charge in [0.2, 0.25) is 5.91 Å². The number of carbonyl (C=O) groups is 1. The summed E-state index contributed by atoms with van der Waals surface area (Å²) >= 11 is 0. The average molecular weight is 341 g/mol. The molecule has 1 amide bonds. The fourth-order valence-corrected chi connectivity index (χ4v) is 2.64. The predicted molar refractivity (Wildman–Crippen MR) is 96.5 cm³/mol. The molecule has 130 valence electrons. The minimum atomic E-state index is 0. The van der Waals surface area contributed by atoms with Crippen molar-refractivity contribution in [1.82, 2.24) is 10.6 Å². The van der Waals surface area contributed by atoms with Crippen LogP contribution in [-0.4, -0.2) is 31.6 Å². The van der Waals surface area contributed by atoms with Crippen LogP contribution in [0.15, 0.2) is 24.3 Å². The molecule has 1 aliphatic heterocycles. The molecule has 0 saturated carbocycles. The highest BCUT2D eigenvalue weighted by atomic mass is 35.5. The van der Waals surface area contributed by atoms with Crippen LogP contribution in [0.1, 0.15) is 45.6 Å². The van der Waals surface area contributed by atoms with E-state index in [1.54, 1.807) is 0 Å². The molecule has 5 heteroatoms. The first-order chi connectivity index (χ1) is 10.4. The summed E-state index contributed by atoms with van der Waals surface area (Å²) in [6.07, 6.45) is 2.84. The van der Waals surface area contributed by atoms with E-state index in [2.05, 4.69) is 43.5 Å². The third kappa shape index (κ3) is 6.80. The molecule has 1 fully saturated rings. The topological polar surface area (TPSA) is 50.4 Å². The molecule has 1 saturated heterocycles. The van der Waals surface area contributed by atoms with Crippen molar-refractivity contribution >= 4 is 18.3 Å². The zero-order valence-corrected chi connectivity index (χ0v) is 15.2. The first-order valence-corrected chi connectivity index (χ1v) is 8.18. The number of amides is 1. The van der Waals surface area contributed by atoms with Crippen LogP contribution in [0.2, 0.25) is 0 Å². The number of halogens is 1. The van der Waals surface area contributed by atoms with Crippen molar-refractivity contribution in [2.24, 2.45) is 0 Å². The predicted octanol–water partition coefficient (Wildman–Crippen LogP) is 3.04. The molecule has 4 nitrogen and oxygen atoms in total. The lowest BCUT2D eigenvalue weighted by Crippen LogP contribution is -2.33. The lowest BCUT2D eigenvalue weighted by Gasteiger charge is -2.19. The van der Waals surface area contributed by atoms with Gasteiger partial charge in [-0.25, -0.2) is 0 Å². The summed E-state index contributed by atoms with van der Waals surface area (Å²) in [5, 5.41) is 6.24. The molecule has 1 aliphatic rings. The van der Waals surface area contributed by atoms with Crippen molar-refractivity contribution in [3.05, 3.63) is 29.8 Å². The van der Waals surface area contributed by atoms with E-state index in [1.807, 2.05) is 12.1 Å². The number of nitrogens with one attached hydrogen (secondary N) is 2. The summed E-state index contributed by atoms with van der Waals surface area (Å²) in [5.41, 5.74) is 1.44. The van der Waals surface area contributed by atoms with E-state index < -0.39 is 0 Å². The van der Waals surface area contributed by atoms with Crippen LogP contribution in [0.4, 0.5) is 0 Å². The quantitative estimate of drug-likeness (QED) is 0.782. The zero-order chi connectivity index (χ0) is 16.0. The number of ether oxygens (including phenoxy) is 1. The molecule has 0 aromatic heterocycles. The molecule has 1 atom stereocenters. The van der Waals surface area contributed by atoms with Crippen LogP contribution < -0.4 is 15.4 Å². The second-order valence-corrected chi connectivity index (χ2v) is 6.97. The van der Waals surface area contributed by atoms with Crippen LogP contribution >= 0.6 is 12.4 Å². The van der Waals surface area contributed by atoms with Gasteiger partial charge in [0, 0.05) is 12.5 Å². The Morgan fingerprint density at radius 2 is 2.00 bits per heavy atom. The standard InChI is InChI=1S/C18H28N2O2.ClH/c1-18(2,3)14-6-8-16(9-7-14)22-12-11-20-17(21)13-15-5-4-10-19-15;/h6-9,15,19H,4-5,10-13H2,1-3H3,(H,20,21);1H.